The molecule has 0 aromatic carbocycles. The number of methoxy groups -OCH3 is 1. The average molecular weight is 172 g/mol. The summed E-state index contributed by atoms with van der Waals surface area (Å²) >= 11 is 0. The SMILES string of the molecule is COC(=O)C(N)C1CCCN1C. The monoisotopic (exact) mass is 172 g/mol. The Labute approximate surface area is 72.7 Å². The zero-order valence-electron chi connectivity index (χ0n) is 7.62. The summed E-state index contributed by atoms with van der Waals surface area (Å²) in [5.74, 6) is -0.311. The van der Waals surface area contributed by atoms with E-state index in [0.29, 0.717) is 0 Å². The highest BCUT2D eigenvalue weighted by atomic mass is 16.5. The van der Waals surface area contributed by atoms with Gasteiger partial charge in [0, 0.05) is 6.04 Å². The molecule has 0 amide bonds. The molecule has 0 aromatic heterocycles. The quantitative estimate of drug-likeness (QED) is 0.575. The Bertz CT molecular complexity index is 172. The van der Waals surface area contributed by atoms with Crippen molar-refractivity contribution in [1.82, 2.24) is 4.90 Å². The number of nitrogens with zero attached hydrogens (tertiary/aromatic N) is 1. The van der Waals surface area contributed by atoms with Gasteiger partial charge in [0.15, 0.2) is 0 Å². The number of likely N-dealkylation sites (tertiary alicyclic amines) is 1. The van der Waals surface area contributed by atoms with Crippen LogP contribution in [0.3, 0.4) is 0 Å². The largest absolute Gasteiger partial charge is 0.468 e. The minimum atomic E-state index is -0.484. The lowest BCUT2D eigenvalue weighted by Crippen LogP contribution is -2.47. The van der Waals surface area contributed by atoms with Gasteiger partial charge in [-0.15, -0.1) is 0 Å². The van der Waals surface area contributed by atoms with Crippen molar-refractivity contribution in [2.75, 3.05) is 20.7 Å². The molecule has 1 aliphatic rings. The highest BCUT2D eigenvalue weighted by molar-refractivity contribution is 5.76. The summed E-state index contributed by atoms with van der Waals surface area (Å²) in [6.07, 6.45) is 2.11. The molecular weight excluding hydrogens is 156 g/mol. The van der Waals surface area contributed by atoms with Crippen LogP contribution in [0.2, 0.25) is 0 Å². The highest BCUT2D eigenvalue weighted by Gasteiger charge is 2.31. The van der Waals surface area contributed by atoms with E-state index in [-0.39, 0.29) is 12.0 Å². The number of likely N-dealkylation sites (N-methyl/N-ethyl adjacent to an activating group) is 1. The summed E-state index contributed by atoms with van der Waals surface area (Å²) < 4.78 is 4.58. The normalized spacial score (nSPS) is 27.1. The van der Waals surface area contributed by atoms with Crippen molar-refractivity contribution in [3.05, 3.63) is 0 Å². The van der Waals surface area contributed by atoms with Crippen LogP contribution >= 0.6 is 0 Å². The van der Waals surface area contributed by atoms with Gasteiger partial charge in [0.1, 0.15) is 6.04 Å². The summed E-state index contributed by atoms with van der Waals surface area (Å²) in [6.45, 7) is 1.02. The van der Waals surface area contributed by atoms with E-state index in [4.69, 9.17) is 5.73 Å². The molecule has 1 heterocycles. The third-order valence-electron chi connectivity index (χ3n) is 2.46. The van der Waals surface area contributed by atoms with Crippen LogP contribution in [0, 0.1) is 0 Å². The number of hydrogen-bond donors (Lipinski definition) is 1. The topological polar surface area (TPSA) is 55.6 Å². The van der Waals surface area contributed by atoms with Gasteiger partial charge >= 0.3 is 5.97 Å². The van der Waals surface area contributed by atoms with Crippen LogP contribution in [0.1, 0.15) is 12.8 Å². The van der Waals surface area contributed by atoms with Crippen molar-refractivity contribution < 1.29 is 9.53 Å². The van der Waals surface area contributed by atoms with Crippen molar-refractivity contribution in [2.45, 2.75) is 24.9 Å². The van der Waals surface area contributed by atoms with Crippen molar-refractivity contribution in [1.29, 1.82) is 0 Å². The molecule has 2 N–H and O–H groups in total. The van der Waals surface area contributed by atoms with Crippen LogP contribution in [-0.4, -0.2) is 43.7 Å². The van der Waals surface area contributed by atoms with E-state index in [1.165, 1.54) is 7.11 Å². The molecule has 0 bridgehead atoms. The lowest BCUT2D eigenvalue weighted by Gasteiger charge is -2.23. The van der Waals surface area contributed by atoms with Crippen molar-refractivity contribution >= 4 is 5.97 Å². The third kappa shape index (κ3) is 1.76. The van der Waals surface area contributed by atoms with Crippen LogP contribution in [0.4, 0.5) is 0 Å². The molecule has 2 atom stereocenters. The predicted molar refractivity (Wildman–Crippen MR) is 45.6 cm³/mol. The molecule has 0 aromatic rings. The first-order chi connectivity index (χ1) is 5.66. The molecule has 1 saturated heterocycles. The molecule has 12 heavy (non-hydrogen) atoms. The van der Waals surface area contributed by atoms with E-state index >= 15 is 0 Å². The third-order valence-corrected chi connectivity index (χ3v) is 2.46. The van der Waals surface area contributed by atoms with E-state index in [0.717, 1.165) is 19.4 Å². The second kappa shape index (κ2) is 3.87. The molecule has 2 unspecified atom stereocenters. The maximum atomic E-state index is 11.1. The molecule has 0 aliphatic carbocycles. The Morgan fingerprint density at radius 1 is 1.75 bits per heavy atom. The number of carbonyl (C=O) groups excluding carboxylic acids is 1. The maximum Gasteiger partial charge on any atom is 0.324 e. The number of ether oxygens (including phenoxy) is 1. The summed E-state index contributed by atoms with van der Waals surface area (Å²) in [5, 5.41) is 0. The summed E-state index contributed by atoms with van der Waals surface area (Å²) in [5.41, 5.74) is 5.71. The van der Waals surface area contributed by atoms with Gasteiger partial charge in [0.2, 0.25) is 0 Å². The van der Waals surface area contributed by atoms with Gasteiger partial charge in [-0.2, -0.15) is 0 Å². The highest BCUT2D eigenvalue weighted by Crippen LogP contribution is 2.17. The fourth-order valence-electron chi connectivity index (χ4n) is 1.68. The fraction of sp³-hybridized carbons (Fsp3) is 0.875. The molecule has 1 fully saturated rings. The van der Waals surface area contributed by atoms with Crippen LogP contribution in [0.15, 0.2) is 0 Å². The zero-order chi connectivity index (χ0) is 9.14. The van der Waals surface area contributed by atoms with Crippen LogP contribution in [0.5, 0.6) is 0 Å². The number of nitrogens with two attached hydrogens (primary N) is 1. The number of carbonyl (C=O) groups is 1. The molecule has 1 rings (SSSR count). The van der Waals surface area contributed by atoms with Crippen molar-refractivity contribution in [2.24, 2.45) is 5.73 Å². The minimum Gasteiger partial charge on any atom is -0.468 e. The van der Waals surface area contributed by atoms with Gasteiger partial charge in [-0.25, -0.2) is 0 Å². The first kappa shape index (κ1) is 9.48. The summed E-state index contributed by atoms with van der Waals surface area (Å²) in [6, 6.07) is -0.319. The van der Waals surface area contributed by atoms with Crippen LogP contribution in [-0.2, 0) is 9.53 Å². The number of hydrogen-bond acceptors (Lipinski definition) is 4. The standard InChI is InChI=1S/C8H16N2O2/c1-10-5-3-4-6(10)7(9)8(11)12-2/h6-7H,3-5,9H2,1-2H3. The molecule has 0 spiro atoms. The summed E-state index contributed by atoms with van der Waals surface area (Å²) in [4.78, 5) is 13.2. The summed E-state index contributed by atoms with van der Waals surface area (Å²) in [7, 11) is 3.36. The predicted octanol–water partition coefficient (Wildman–Crippen LogP) is -0.419. The number of rotatable bonds is 2. The van der Waals surface area contributed by atoms with Crippen molar-refractivity contribution in [3.63, 3.8) is 0 Å². The number of esters is 1. The van der Waals surface area contributed by atoms with E-state index in [9.17, 15) is 4.79 Å². The van der Waals surface area contributed by atoms with Gasteiger partial charge in [0.05, 0.1) is 7.11 Å². The lowest BCUT2D eigenvalue weighted by molar-refractivity contribution is -0.143. The van der Waals surface area contributed by atoms with Gasteiger partial charge < -0.3 is 15.4 Å². The van der Waals surface area contributed by atoms with E-state index in [2.05, 4.69) is 9.64 Å². The molecule has 4 nitrogen and oxygen atoms in total. The Morgan fingerprint density at radius 2 is 2.42 bits per heavy atom. The molecule has 0 radical (unpaired) electrons. The molecule has 70 valence electrons. The van der Waals surface area contributed by atoms with Gasteiger partial charge in [-0.3, -0.25) is 4.79 Å². The minimum absolute atomic E-state index is 0.164. The lowest BCUT2D eigenvalue weighted by atomic mass is 10.1. The Morgan fingerprint density at radius 3 is 2.83 bits per heavy atom. The van der Waals surface area contributed by atoms with Gasteiger partial charge in [0.25, 0.3) is 0 Å². The van der Waals surface area contributed by atoms with E-state index in [1.807, 2.05) is 7.05 Å². The van der Waals surface area contributed by atoms with Gasteiger partial charge in [-0.05, 0) is 26.4 Å². The Hall–Kier alpha value is -0.610. The Kier molecular flexibility index (Phi) is 3.05. The average Bonchev–Trinajstić information content (AvgIpc) is 2.48. The second-order valence-electron chi connectivity index (χ2n) is 3.24. The zero-order valence-corrected chi connectivity index (χ0v) is 7.62. The van der Waals surface area contributed by atoms with Crippen LogP contribution in [0.25, 0.3) is 0 Å². The van der Waals surface area contributed by atoms with Crippen LogP contribution < -0.4 is 5.73 Å². The maximum absolute atomic E-state index is 11.1. The first-order valence-corrected chi connectivity index (χ1v) is 4.20. The van der Waals surface area contributed by atoms with E-state index < -0.39 is 6.04 Å². The molecule has 4 heteroatoms. The van der Waals surface area contributed by atoms with Gasteiger partial charge in [-0.1, -0.05) is 0 Å². The van der Waals surface area contributed by atoms with Crippen molar-refractivity contribution in [3.8, 4) is 0 Å². The Balaban J connectivity index is 2.51. The molecule has 0 saturated carbocycles. The second-order valence-corrected chi connectivity index (χ2v) is 3.24. The fourth-order valence-corrected chi connectivity index (χ4v) is 1.68. The van der Waals surface area contributed by atoms with E-state index in [1.54, 1.807) is 0 Å². The molecule has 1 aliphatic heterocycles. The smallest absolute Gasteiger partial charge is 0.324 e. The first-order valence-electron chi connectivity index (χ1n) is 4.20. The molecular formula is C8H16N2O2.